The van der Waals surface area contributed by atoms with Crippen LogP contribution in [0.4, 0.5) is 0 Å². The molecule has 0 fully saturated rings. The molecule has 2 amide bonds. The second kappa shape index (κ2) is 8.89. The van der Waals surface area contributed by atoms with Crippen molar-refractivity contribution in [3.63, 3.8) is 0 Å². The van der Waals surface area contributed by atoms with Crippen molar-refractivity contribution in [1.29, 1.82) is 0 Å². The lowest BCUT2D eigenvalue weighted by Crippen LogP contribution is -2.56. The highest BCUT2D eigenvalue weighted by molar-refractivity contribution is 5.73. The summed E-state index contributed by atoms with van der Waals surface area (Å²) in [4.78, 5) is 22.0. The minimum Gasteiger partial charge on any atom is -0.390 e. The first kappa shape index (κ1) is 18.8. The summed E-state index contributed by atoms with van der Waals surface area (Å²) in [6.07, 6.45) is -2.76. The number of ether oxygens (including phenoxy) is 1. The van der Waals surface area contributed by atoms with E-state index in [4.69, 9.17) is 4.74 Å². The van der Waals surface area contributed by atoms with Crippen molar-refractivity contribution in [3.05, 3.63) is 0 Å². The number of aliphatic hydroxyl groups excluding tert-OH is 2. The van der Waals surface area contributed by atoms with Crippen LogP contribution in [0.25, 0.3) is 0 Å². The van der Waals surface area contributed by atoms with E-state index in [-0.39, 0.29) is 24.3 Å². The van der Waals surface area contributed by atoms with Gasteiger partial charge in [0.05, 0.1) is 18.2 Å². The fourth-order valence-electron chi connectivity index (χ4n) is 1.84. The van der Waals surface area contributed by atoms with Crippen LogP contribution in [-0.2, 0) is 14.3 Å². The average molecular weight is 290 g/mol. The largest absolute Gasteiger partial charge is 0.390 e. The molecule has 0 aliphatic rings. The van der Waals surface area contributed by atoms with E-state index in [1.165, 1.54) is 21.0 Å². The molecule has 0 aromatic heterocycles. The second-order valence-corrected chi connectivity index (χ2v) is 5.06. The lowest BCUT2D eigenvalue weighted by Gasteiger charge is -2.33. The maximum absolute atomic E-state index is 11.2. The highest BCUT2D eigenvalue weighted by Crippen LogP contribution is 2.14. The Kier molecular flexibility index (Phi) is 8.36. The number of amides is 2. The summed E-state index contributed by atoms with van der Waals surface area (Å²) in [5.41, 5.74) is 0. The van der Waals surface area contributed by atoms with E-state index in [1.54, 1.807) is 13.8 Å². The summed E-state index contributed by atoms with van der Waals surface area (Å²) in [7, 11) is 1.46. The molecule has 0 spiro atoms. The van der Waals surface area contributed by atoms with Gasteiger partial charge in [-0.05, 0) is 6.92 Å². The predicted octanol–water partition coefficient (Wildman–Crippen LogP) is -0.980. The lowest BCUT2D eigenvalue weighted by molar-refractivity contribution is -0.124. The normalized spacial score (nSPS) is 18.6. The maximum atomic E-state index is 11.2. The third kappa shape index (κ3) is 6.31. The Morgan fingerprint density at radius 1 is 1.10 bits per heavy atom. The molecule has 0 aliphatic heterocycles. The number of carbonyl (C=O) groups is 2. The zero-order valence-electron chi connectivity index (χ0n) is 12.7. The first-order valence-electron chi connectivity index (χ1n) is 6.61. The molecule has 0 aromatic rings. The Balaban J connectivity index is 4.72. The van der Waals surface area contributed by atoms with E-state index >= 15 is 0 Å². The standard InChI is InChI=1S/C13H26N2O5/c1-7(6-14-9(3)16)12(18)13(19)11(8(2)20-5)15-10(4)17/h7-8,11-13,18-19H,6H2,1-5H3,(H,14,16)(H,15,17). The van der Waals surface area contributed by atoms with Gasteiger partial charge in [0.1, 0.15) is 6.10 Å². The van der Waals surface area contributed by atoms with E-state index < -0.39 is 24.4 Å². The molecule has 118 valence electrons. The van der Waals surface area contributed by atoms with E-state index in [1.807, 2.05) is 0 Å². The summed E-state index contributed by atoms with van der Waals surface area (Å²) in [6, 6.07) is -0.729. The van der Waals surface area contributed by atoms with Crippen LogP contribution >= 0.6 is 0 Å². The highest BCUT2D eigenvalue weighted by atomic mass is 16.5. The van der Waals surface area contributed by atoms with E-state index in [9.17, 15) is 19.8 Å². The van der Waals surface area contributed by atoms with Crippen molar-refractivity contribution in [1.82, 2.24) is 10.6 Å². The minimum absolute atomic E-state index is 0.206. The van der Waals surface area contributed by atoms with Crippen molar-refractivity contribution >= 4 is 11.8 Å². The molecule has 0 bridgehead atoms. The fraction of sp³-hybridized carbons (Fsp3) is 0.846. The number of carbonyl (C=O) groups excluding carboxylic acids is 2. The molecule has 0 heterocycles. The molecule has 20 heavy (non-hydrogen) atoms. The zero-order valence-corrected chi connectivity index (χ0v) is 12.7. The Morgan fingerprint density at radius 3 is 2.05 bits per heavy atom. The van der Waals surface area contributed by atoms with Crippen molar-refractivity contribution in [2.45, 2.75) is 52.0 Å². The molecule has 0 rings (SSSR count). The van der Waals surface area contributed by atoms with Crippen LogP contribution in [0.2, 0.25) is 0 Å². The van der Waals surface area contributed by atoms with Crippen molar-refractivity contribution < 1.29 is 24.5 Å². The first-order valence-corrected chi connectivity index (χ1v) is 6.61. The molecule has 0 aromatic carbocycles. The number of methoxy groups -OCH3 is 1. The zero-order chi connectivity index (χ0) is 15.9. The van der Waals surface area contributed by atoms with Gasteiger partial charge in [0.25, 0.3) is 0 Å². The van der Waals surface area contributed by atoms with Crippen LogP contribution in [0.3, 0.4) is 0 Å². The van der Waals surface area contributed by atoms with Gasteiger partial charge in [-0.25, -0.2) is 0 Å². The Morgan fingerprint density at radius 2 is 1.65 bits per heavy atom. The smallest absolute Gasteiger partial charge is 0.217 e. The third-order valence-corrected chi connectivity index (χ3v) is 3.22. The monoisotopic (exact) mass is 290 g/mol. The number of rotatable bonds is 8. The quantitative estimate of drug-likeness (QED) is 0.459. The number of nitrogens with one attached hydrogen (secondary N) is 2. The number of hydrogen-bond donors (Lipinski definition) is 4. The molecule has 5 unspecified atom stereocenters. The molecule has 7 nitrogen and oxygen atoms in total. The van der Waals surface area contributed by atoms with Crippen LogP contribution in [0.5, 0.6) is 0 Å². The molecule has 4 N–H and O–H groups in total. The first-order chi connectivity index (χ1) is 9.20. The van der Waals surface area contributed by atoms with Crippen molar-refractivity contribution in [2.75, 3.05) is 13.7 Å². The van der Waals surface area contributed by atoms with Crippen LogP contribution < -0.4 is 10.6 Å². The average Bonchev–Trinajstić information content (AvgIpc) is 2.39. The van der Waals surface area contributed by atoms with Gasteiger partial charge in [0, 0.05) is 33.4 Å². The molecule has 0 saturated heterocycles. The summed E-state index contributed by atoms with van der Waals surface area (Å²) in [6.45, 7) is 6.33. The topological polar surface area (TPSA) is 108 Å². The van der Waals surface area contributed by atoms with Crippen molar-refractivity contribution in [2.24, 2.45) is 5.92 Å². The SMILES string of the molecule is COC(C)C(NC(C)=O)C(O)C(O)C(C)CNC(C)=O. The highest BCUT2D eigenvalue weighted by Gasteiger charge is 2.34. The minimum atomic E-state index is -1.20. The van der Waals surface area contributed by atoms with Crippen LogP contribution in [-0.4, -0.2) is 60.0 Å². The molecule has 0 aliphatic carbocycles. The van der Waals surface area contributed by atoms with Crippen LogP contribution in [0, 0.1) is 5.92 Å². The summed E-state index contributed by atoms with van der Waals surface area (Å²) in [5.74, 6) is -0.893. The molecule has 5 atom stereocenters. The third-order valence-electron chi connectivity index (χ3n) is 3.22. The van der Waals surface area contributed by atoms with E-state index in [2.05, 4.69) is 10.6 Å². The Bertz CT molecular complexity index is 324. The maximum Gasteiger partial charge on any atom is 0.217 e. The van der Waals surface area contributed by atoms with Gasteiger partial charge in [0.15, 0.2) is 0 Å². The van der Waals surface area contributed by atoms with Gasteiger partial charge in [-0.3, -0.25) is 9.59 Å². The molecule has 0 radical (unpaired) electrons. The van der Waals surface area contributed by atoms with Gasteiger partial charge in [-0.1, -0.05) is 6.92 Å². The van der Waals surface area contributed by atoms with Gasteiger partial charge >= 0.3 is 0 Å². The van der Waals surface area contributed by atoms with Gasteiger partial charge in [-0.15, -0.1) is 0 Å². The Labute approximate surface area is 119 Å². The predicted molar refractivity (Wildman–Crippen MR) is 73.9 cm³/mol. The second-order valence-electron chi connectivity index (χ2n) is 5.06. The summed E-state index contributed by atoms with van der Waals surface area (Å²) in [5, 5.41) is 25.5. The van der Waals surface area contributed by atoms with Crippen molar-refractivity contribution in [3.8, 4) is 0 Å². The van der Waals surface area contributed by atoms with Gasteiger partial charge < -0.3 is 25.6 Å². The van der Waals surface area contributed by atoms with E-state index in [0.29, 0.717) is 0 Å². The number of hydrogen-bond acceptors (Lipinski definition) is 5. The number of aliphatic hydroxyl groups is 2. The summed E-state index contributed by atoms with van der Waals surface area (Å²) < 4.78 is 5.11. The molecule has 7 heteroatoms. The van der Waals surface area contributed by atoms with Gasteiger partial charge in [0.2, 0.25) is 11.8 Å². The van der Waals surface area contributed by atoms with Crippen LogP contribution in [0.15, 0.2) is 0 Å². The van der Waals surface area contributed by atoms with E-state index in [0.717, 1.165) is 0 Å². The fourth-order valence-corrected chi connectivity index (χ4v) is 1.84. The van der Waals surface area contributed by atoms with Gasteiger partial charge in [-0.2, -0.15) is 0 Å². The lowest BCUT2D eigenvalue weighted by atomic mass is 9.92. The molecular weight excluding hydrogens is 264 g/mol. The molecular formula is C13H26N2O5. The summed E-state index contributed by atoms with van der Waals surface area (Å²) >= 11 is 0. The molecule has 0 saturated carbocycles. The van der Waals surface area contributed by atoms with Crippen LogP contribution in [0.1, 0.15) is 27.7 Å². The Hall–Kier alpha value is -1.18.